The zero-order chi connectivity index (χ0) is 20.3. The lowest BCUT2D eigenvalue weighted by molar-refractivity contribution is -0.124. The zero-order valence-electron chi connectivity index (χ0n) is 16.7. The van der Waals surface area contributed by atoms with Crippen LogP contribution in [0.1, 0.15) is 23.7 Å². The molecule has 1 N–H and O–H groups in total. The molecule has 3 amide bonds. The number of urea groups is 1. The normalized spacial score (nSPS) is 16.9. The number of aromatic nitrogens is 1. The molecular formula is C21H26N4O3. The predicted molar refractivity (Wildman–Crippen MR) is 107 cm³/mol. The lowest BCUT2D eigenvalue weighted by Crippen LogP contribution is -2.59. The summed E-state index contributed by atoms with van der Waals surface area (Å²) in [5, 5.41) is 2.91. The minimum Gasteiger partial charge on any atom is -0.497 e. The summed E-state index contributed by atoms with van der Waals surface area (Å²) in [5.74, 6) is 0.586. The number of pyridine rings is 1. The highest BCUT2D eigenvalue weighted by atomic mass is 16.5. The minimum absolute atomic E-state index is 0.108. The van der Waals surface area contributed by atoms with Gasteiger partial charge in [0.15, 0.2) is 0 Å². The van der Waals surface area contributed by atoms with E-state index in [1.807, 2.05) is 44.2 Å². The molecule has 3 rings (SSSR count). The van der Waals surface area contributed by atoms with Crippen molar-refractivity contribution in [3.8, 4) is 5.75 Å². The van der Waals surface area contributed by atoms with Crippen molar-refractivity contribution in [1.29, 1.82) is 0 Å². The summed E-state index contributed by atoms with van der Waals surface area (Å²) >= 11 is 0. The highest BCUT2D eigenvalue weighted by molar-refractivity contribution is 6.00. The summed E-state index contributed by atoms with van der Waals surface area (Å²) in [6.45, 7) is 6.97. The van der Waals surface area contributed by atoms with Gasteiger partial charge < -0.3 is 19.9 Å². The molecule has 148 valence electrons. The molecule has 0 bridgehead atoms. The van der Waals surface area contributed by atoms with Crippen molar-refractivity contribution in [3.05, 3.63) is 53.3 Å². The number of rotatable bonds is 4. The molecule has 7 nitrogen and oxygen atoms in total. The quantitative estimate of drug-likeness (QED) is 0.882. The topological polar surface area (TPSA) is 74.8 Å². The van der Waals surface area contributed by atoms with Crippen molar-refractivity contribution in [1.82, 2.24) is 15.2 Å². The van der Waals surface area contributed by atoms with Crippen molar-refractivity contribution >= 4 is 17.6 Å². The molecule has 28 heavy (non-hydrogen) atoms. The first-order valence-electron chi connectivity index (χ1n) is 9.32. The molecule has 1 saturated heterocycles. The maximum absolute atomic E-state index is 12.9. The summed E-state index contributed by atoms with van der Waals surface area (Å²) in [6, 6.07) is 8.58. The fraction of sp³-hybridized carbons (Fsp3) is 0.381. The van der Waals surface area contributed by atoms with E-state index < -0.39 is 6.04 Å². The van der Waals surface area contributed by atoms with E-state index in [4.69, 9.17) is 4.74 Å². The summed E-state index contributed by atoms with van der Waals surface area (Å²) in [6.07, 6.45) is 1.78. The lowest BCUT2D eigenvalue weighted by atomic mass is 10.1. The van der Waals surface area contributed by atoms with E-state index >= 15 is 0 Å². The Morgan fingerprint density at radius 3 is 2.79 bits per heavy atom. The van der Waals surface area contributed by atoms with Gasteiger partial charge in [-0.1, -0.05) is 6.07 Å². The van der Waals surface area contributed by atoms with Gasteiger partial charge in [0.05, 0.1) is 7.11 Å². The van der Waals surface area contributed by atoms with Crippen LogP contribution in [0.15, 0.2) is 36.5 Å². The fourth-order valence-electron chi connectivity index (χ4n) is 3.36. The van der Waals surface area contributed by atoms with Gasteiger partial charge in [-0.2, -0.15) is 0 Å². The molecule has 0 unspecified atom stereocenters. The van der Waals surface area contributed by atoms with E-state index in [-0.39, 0.29) is 11.9 Å². The van der Waals surface area contributed by atoms with Crippen LogP contribution in [0.3, 0.4) is 0 Å². The number of anilines is 1. The number of carbonyl (C=O) groups excluding carboxylic acids is 2. The SMILES string of the molecule is COc1cccc(N2CCN(C(=O)NCc3cnc(C)cc3C)[C@@H](C)C2=O)c1. The molecule has 1 fully saturated rings. The van der Waals surface area contributed by atoms with Crippen LogP contribution in [-0.4, -0.2) is 48.1 Å². The maximum Gasteiger partial charge on any atom is 0.318 e. The van der Waals surface area contributed by atoms with Gasteiger partial charge in [0.1, 0.15) is 11.8 Å². The van der Waals surface area contributed by atoms with Gasteiger partial charge in [0.25, 0.3) is 0 Å². The Morgan fingerprint density at radius 2 is 2.07 bits per heavy atom. The number of hydrogen-bond donors (Lipinski definition) is 1. The molecular weight excluding hydrogens is 356 g/mol. The van der Waals surface area contributed by atoms with Gasteiger partial charge in [0.2, 0.25) is 5.91 Å². The summed E-state index contributed by atoms with van der Waals surface area (Å²) < 4.78 is 5.24. The molecule has 2 aromatic rings. The van der Waals surface area contributed by atoms with Crippen molar-refractivity contribution in [2.45, 2.75) is 33.4 Å². The van der Waals surface area contributed by atoms with Crippen LogP contribution in [0.4, 0.5) is 10.5 Å². The number of amides is 3. The summed E-state index contributed by atoms with van der Waals surface area (Å²) in [5.41, 5.74) is 3.77. The van der Waals surface area contributed by atoms with Gasteiger partial charge in [-0.3, -0.25) is 9.78 Å². The second-order valence-electron chi connectivity index (χ2n) is 6.97. The van der Waals surface area contributed by atoms with Gasteiger partial charge in [-0.25, -0.2) is 4.79 Å². The van der Waals surface area contributed by atoms with Gasteiger partial charge in [0, 0.05) is 43.3 Å². The average Bonchev–Trinajstić information content (AvgIpc) is 2.69. The third-order valence-corrected chi connectivity index (χ3v) is 5.07. The number of hydrogen-bond acceptors (Lipinski definition) is 4. The second-order valence-corrected chi connectivity index (χ2v) is 6.97. The Kier molecular flexibility index (Phi) is 5.82. The molecule has 1 aromatic heterocycles. The smallest absolute Gasteiger partial charge is 0.318 e. The highest BCUT2D eigenvalue weighted by Gasteiger charge is 2.35. The van der Waals surface area contributed by atoms with Crippen molar-refractivity contribution in [3.63, 3.8) is 0 Å². The molecule has 0 aliphatic carbocycles. The third kappa shape index (κ3) is 4.08. The molecule has 7 heteroatoms. The van der Waals surface area contributed by atoms with Crippen LogP contribution < -0.4 is 15.0 Å². The van der Waals surface area contributed by atoms with Gasteiger partial charge in [-0.05, 0) is 50.1 Å². The first kappa shape index (κ1) is 19.7. The standard InChI is InChI=1S/C21H26N4O3/c1-14-10-15(2)22-12-17(14)13-23-21(27)24-8-9-25(20(26)16(24)3)18-6-5-7-19(11-18)28-4/h5-7,10-12,16H,8-9,13H2,1-4H3,(H,23,27)/t16-/m0/s1. The number of piperazine rings is 1. The highest BCUT2D eigenvalue weighted by Crippen LogP contribution is 2.24. The van der Waals surface area contributed by atoms with E-state index in [9.17, 15) is 9.59 Å². The number of methoxy groups -OCH3 is 1. The second kappa shape index (κ2) is 8.29. The Bertz CT molecular complexity index is 884. The average molecular weight is 382 g/mol. The maximum atomic E-state index is 12.9. The van der Waals surface area contributed by atoms with Crippen LogP contribution in [0.25, 0.3) is 0 Å². The molecule has 1 atom stereocenters. The molecule has 0 radical (unpaired) electrons. The van der Waals surface area contributed by atoms with Crippen LogP contribution in [0, 0.1) is 13.8 Å². The van der Waals surface area contributed by atoms with Gasteiger partial charge in [-0.15, -0.1) is 0 Å². The molecule has 2 heterocycles. The van der Waals surface area contributed by atoms with E-state index in [0.29, 0.717) is 25.4 Å². The molecule has 0 spiro atoms. The number of ether oxygens (including phenoxy) is 1. The van der Waals surface area contributed by atoms with Crippen molar-refractivity contribution in [2.24, 2.45) is 0 Å². The number of benzene rings is 1. The largest absolute Gasteiger partial charge is 0.497 e. The number of nitrogens with zero attached hydrogens (tertiary/aromatic N) is 3. The van der Waals surface area contributed by atoms with Crippen molar-refractivity contribution in [2.75, 3.05) is 25.1 Å². The van der Waals surface area contributed by atoms with Gasteiger partial charge >= 0.3 is 6.03 Å². The van der Waals surface area contributed by atoms with Crippen LogP contribution in [0.5, 0.6) is 5.75 Å². The zero-order valence-corrected chi connectivity index (χ0v) is 16.7. The Morgan fingerprint density at radius 1 is 1.29 bits per heavy atom. The monoisotopic (exact) mass is 382 g/mol. The molecule has 0 saturated carbocycles. The Labute approximate surface area is 165 Å². The summed E-state index contributed by atoms with van der Waals surface area (Å²) in [7, 11) is 1.59. The van der Waals surface area contributed by atoms with E-state index in [1.54, 1.807) is 30.0 Å². The lowest BCUT2D eigenvalue weighted by Gasteiger charge is -2.39. The number of nitrogens with one attached hydrogen (secondary N) is 1. The Balaban J connectivity index is 1.65. The molecule has 1 aromatic carbocycles. The predicted octanol–water partition coefficient (Wildman–Crippen LogP) is 2.65. The first-order valence-corrected chi connectivity index (χ1v) is 9.32. The van der Waals surface area contributed by atoms with Crippen LogP contribution in [0.2, 0.25) is 0 Å². The van der Waals surface area contributed by atoms with E-state index in [2.05, 4.69) is 10.3 Å². The summed E-state index contributed by atoms with van der Waals surface area (Å²) in [4.78, 5) is 33.1. The molecule has 1 aliphatic rings. The van der Waals surface area contributed by atoms with E-state index in [1.165, 1.54) is 0 Å². The minimum atomic E-state index is -0.544. The first-order chi connectivity index (χ1) is 13.4. The number of aryl methyl sites for hydroxylation is 2. The van der Waals surface area contributed by atoms with E-state index in [0.717, 1.165) is 22.5 Å². The Hall–Kier alpha value is -3.09. The number of carbonyl (C=O) groups is 2. The third-order valence-electron chi connectivity index (χ3n) is 5.07. The molecule has 1 aliphatic heterocycles. The van der Waals surface area contributed by atoms with Crippen LogP contribution >= 0.6 is 0 Å². The fourth-order valence-corrected chi connectivity index (χ4v) is 3.36. The van der Waals surface area contributed by atoms with Crippen molar-refractivity contribution < 1.29 is 14.3 Å². The van der Waals surface area contributed by atoms with Crippen LogP contribution in [-0.2, 0) is 11.3 Å².